The molecule has 1 saturated heterocycles. The number of nitrogens with one attached hydrogen (secondary N) is 2. The van der Waals surface area contributed by atoms with Crippen molar-refractivity contribution >= 4 is 17.5 Å². The number of hydrogen-bond donors (Lipinski definition) is 2. The van der Waals surface area contributed by atoms with Crippen LogP contribution in [-0.4, -0.2) is 43.4 Å². The number of amides is 2. The van der Waals surface area contributed by atoms with Crippen molar-refractivity contribution in [2.45, 2.75) is 26.7 Å². The van der Waals surface area contributed by atoms with Crippen molar-refractivity contribution in [3.8, 4) is 0 Å². The highest BCUT2D eigenvalue weighted by molar-refractivity contribution is 6.39. The van der Waals surface area contributed by atoms with E-state index in [1.165, 1.54) is 0 Å². The molecule has 2 amide bonds. The van der Waals surface area contributed by atoms with E-state index in [0.29, 0.717) is 18.2 Å². The fourth-order valence-electron chi connectivity index (χ4n) is 2.65. The minimum absolute atomic E-state index is 0.466. The predicted molar refractivity (Wildman–Crippen MR) is 87.8 cm³/mol. The molecule has 0 unspecified atom stereocenters. The SMILES string of the molecule is Cc1cccc(NC(=O)C(=O)NCC2CCN(C)CC2)c1C. The normalized spacial score (nSPS) is 16.3. The number of aryl methyl sites for hydroxylation is 1. The predicted octanol–water partition coefficient (Wildman–Crippen LogP) is 1.70. The van der Waals surface area contributed by atoms with E-state index in [0.717, 1.165) is 37.1 Å². The maximum Gasteiger partial charge on any atom is 0.313 e. The van der Waals surface area contributed by atoms with E-state index in [-0.39, 0.29) is 0 Å². The van der Waals surface area contributed by atoms with E-state index in [9.17, 15) is 9.59 Å². The number of piperidine rings is 1. The quantitative estimate of drug-likeness (QED) is 0.836. The summed E-state index contributed by atoms with van der Waals surface area (Å²) in [6, 6.07) is 5.66. The third-order valence-electron chi connectivity index (χ3n) is 4.45. The van der Waals surface area contributed by atoms with E-state index in [2.05, 4.69) is 22.6 Å². The Balaban J connectivity index is 1.82. The van der Waals surface area contributed by atoms with Crippen LogP contribution in [0.15, 0.2) is 18.2 Å². The van der Waals surface area contributed by atoms with Gasteiger partial charge in [-0.3, -0.25) is 9.59 Å². The smallest absolute Gasteiger partial charge is 0.313 e. The standard InChI is InChI=1S/C17H25N3O2/c1-12-5-4-6-15(13(12)2)19-17(22)16(21)18-11-14-7-9-20(3)10-8-14/h4-6,14H,7-11H2,1-3H3,(H,18,21)(H,19,22). The van der Waals surface area contributed by atoms with Crippen LogP contribution in [0, 0.1) is 19.8 Å². The molecule has 1 aromatic carbocycles. The van der Waals surface area contributed by atoms with Crippen molar-refractivity contribution in [2.24, 2.45) is 5.92 Å². The molecule has 5 nitrogen and oxygen atoms in total. The molecule has 120 valence electrons. The lowest BCUT2D eigenvalue weighted by Crippen LogP contribution is -2.41. The van der Waals surface area contributed by atoms with Gasteiger partial charge in [-0.2, -0.15) is 0 Å². The number of carbonyl (C=O) groups excluding carboxylic acids is 2. The molecule has 0 spiro atoms. The Morgan fingerprint density at radius 1 is 1.18 bits per heavy atom. The van der Waals surface area contributed by atoms with E-state index in [1.807, 2.05) is 32.0 Å². The maximum absolute atomic E-state index is 12.0. The van der Waals surface area contributed by atoms with Gasteiger partial charge in [0.25, 0.3) is 0 Å². The Hall–Kier alpha value is -1.88. The van der Waals surface area contributed by atoms with Crippen LogP contribution in [-0.2, 0) is 9.59 Å². The van der Waals surface area contributed by atoms with Crippen LogP contribution in [0.4, 0.5) is 5.69 Å². The summed E-state index contributed by atoms with van der Waals surface area (Å²) < 4.78 is 0. The summed E-state index contributed by atoms with van der Waals surface area (Å²) in [5.41, 5.74) is 2.77. The van der Waals surface area contributed by atoms with Crippen LogP contribution in [0.1, 0.15) is 24.0 Å². The summed E-state index contributed by atoms with van der Waals surface area (Å²) in [6.07, 6.45) is 2.13. The third-order valence-corrected chi connectivity index (χ3v) is 4.45. The van der Waals surface area contributed by atoms with Gasteiger partial charge in [-0.15, -0.1) is 0 Å². The number of carbonyl (C=O) groups is 2. The number of anilines is 1. The summed E-state index contributed by atoms with van der Waals surface area (Å²) in [5, 5.41) is 5.44. The molecule has 1 heterocycles. The molecule has 0 aromatic heterocycles. The highest BCUT2D eigenvalue weighted by Crippen LogP contribution is 2.18. The van der Waals surface area contributed by atoms with Gasteiger partial charge in [0.2, 0.25) is 0 Å². The highest BCUT2D eigenvalue weighted by Gasteiger charge is 2.20. The Kier molecular flexibility index (Phi) is 5.55. The second kappa shape index (κ2) is 7.40. The van der Waals surface area contributed by atoms with Crippen LogP contribution >= 0.6 is 0 Å². The number of benzene rings is 1. The van der Waals surface area contributed by atoms with Crippen molar-refractivity contribution in [3.63, 3.8) is 0 Å². The minimum Gasteiger partial charge on any atom is -0.348 e. The first-order valence-corrected chi connectivity index (χ1v) is 7.81. The zero-order valence-corrected chi connectivity index (χ0v) is 13.6. The molecule has 1 aliphatic heterocycles. The van der Waals surface area contributed by atoms with Gasteiger partial charge in [-0.25, -0.2) is 0 Å². The molecular formula is C17H25N3O2. The minimum atomic E-state index is -0.596. The Morgan fingerprint density at radius 3 is 2.55 bits per heavy atom. The number of likely N-dealkylation sites (tertiary alicyclic amines) is 1. The average Bonchev–Trinajstić information content (AvgIpc) is 2.51. The number of hydrogen-bond acceptors (Lipinski definition) is 3. The van der Waals surface area contributed by atoms with Crippen LogP contribution in [0.25, 0.3) is 0 Å². The monoisotopic (exact) mass is 303 g/mol. The van der Waals surface area contributed by atoms with Gasteiger partial charge in [0, 0.05) is 12.2 Å². The van der Waals surface area contributed by atoms with Gasteiger partial charge in [-0.05, 0) is 69.9 Å². The lowest BCUT2D eigenvalue weighted by Gasteiger charge is -2.28. The molecule has 0 bridgehead atoms. The molecular weight excluding hydrogens is 278 g/mol. The molecule has 0 radical (unpaired) electrons. The van der Waals surface area contributed by atoms with E-state index in [4.69, 9.17) is 0 Å². The van der Waals surface area contributed by atoms with Crippen molar-refractivity contribution < 1.29 is 9.59 Å². The zero-order valence-electron chi connectivity index (χ0n) is 13.6. The van der Waals surface area contributed by atoms with Gasteiger partial charge in [0.1, 0.15) is 0 Å². The second-order valence-electron chi connectivity index (χ2n) is 6.16. The van der Waals surface area contributed by atoms with Crippen molar-refractivity contribution in [3.05, 3.63) is 29.3 Å². The van der Waals surface area contributed by atoms with Gasteiger partial charge in [0.05, 0.1) is 0 Å². The average molecular weight is 303 g/mol. The molecule has 1 fully saturated rings. The summed E-state index contributed by atoms with van der Waals surface area (Å²) >= 11 is 0. The summed E-state index contributed by atoms with van der Waals surface area (Å²) in [7, 11) is 2.10. The molecule has 1 aromatic rings. The molecule has 0 saturated carbocycles. The first-order chi connectivity index (χ1) is 10.5. The van der Waals surface area contributed by atoms with Crippen LogP contribution < -0.4 is 10.6 Å². The summed E-state index contributed by atoms with van der Waals surface area (Å²) in [5.74, 6) is -0.685. The lowest BCUT2D eigenvalue weighted by molar-refractivity contribution is -0.136. The third kappa shape index (κ3) is 4.31. The molecule has 22 heavy (non-hydrogen) atoms. The second-order valence-corrected chi connectivity index (χ2v) is 6.16. The highest BCUT2D eigenvalue weighted by atomic mass is 16.2. The zero-order chi connectivity index (χ0) is 16.1. The maximum atomic E-state index is 12.0. The Labute approximate surface area is 132 Å². The van der Waals surface area contributed by atoms with E-state index >= 15 is 0 Å². The number of rotatable bonds is 3. The van der Waals surface area contributed by atoms with Gasteiger partial charge in [0.15, 0.2) is 0 Å². The molecule has 2 N–H and O–H groups in total. The molecule has 0 aliphatic carbocycles. The van der Waals surface area contributed by atoms with E-state index in [1.54, 1.807) is 0 Å². The molecule has 2 rings (SSSR count). The number of nitrogens with zero attached hydrogens (tertiary/aromatic N) is 1. The molecule has 5 heteroatoms. The van der Waals surface area contributed by atoms with Gasteiger partial charge >= 0.3 is 11.8 Å². The summed E-state index contributed by atoms with van der Waals surface area (Å²) in [4.78, 5) is 26.2. The first kappa shape index (κ1) is 16.5. The lowest BCUT2D eigenvalue weighted by atomic mass is 9.97. The topological polar surface area (TPSA) is 61.4 Å². The fourth-order valence-corrected chi connectivity index (χ4v) is 2.65. The van der Waals surface area contributed by atoms with Crippen molar-refractivity contribution in [1.82, 2.24) is 10.2 Å². The van der Waals surface area contributed by atoms with Crippen molar-refractivity contribution in [1.29, 1.82) is 0 Å². The fraction of sp³-hybridized carbons (Fsp3) is 0.529. The van der Waals surface area contributed by atoms with Crippen molar-refractivity contribution in [2.75, 3.05) is 32.0 Å². The first-order valence-electron chi connectivity index (χ1n) is 7.81. The Bertz CT molecular complexity index is 549. The van der Waals surface area contributed by atoms with E-state index < -0.39 is 11.8 Å². The van der Waals surface area contributed by atoms with Crippen LogP contribution in [0.5, 0.6) is 0 Å². The summed E-state index contributed by atoms with van der Waals surface area (Å²) in [6.45, 7) is 6.59. The largest absolute Gasteiger partial charge is 0.348 e. The van der Waals surface area contributed by atoms with Gasteiger partial charge < -0.3 is 15.5 Å². The van der Waals surface area contributed by atoms with Gasteiger partial charge in [-0.1, -0.05) is 12.1 Å². The Morgan fingerprint density at radius 2 is 1.86 bits per heavy atom. The van der Waals surface area contributed by atoms with Crippen LogP contribution in [0.2, 0.25) is 0 Å². The van der Waals surface area contributed by atoms with Crippen LogP contribution in [0.3, 0.4) is 0 Å². The molecule has 1 aliphatic rings. The molecule has 0 atom stereocenters.